The number of amides is 3. The fourth-order valence-corrected chi connectivity index (χ4v) is 3.70. The molecule has 156 valence electrons. The van der Waals surface area contributed by atoms with E-state index in [0.29, 0.717) is 11.4 Å². The van der Waals surface area contributed by atoms with Crippen molar-refractivity contribution >= 4 is 40.5 Å². The van der Waals surface area contributed by atoms with Gasteiger partial charge in [-0.1, -0.05) is 0 Å². The molecule has 4 rings (SSSR count). The fraction of sp³-hybridized carbons (Fsp3) is 0.318. The van der Waals surface area contributed by atoms with Gasteiger partial charge in [-0.15, -0.1) is 0 Å². The number of nitrogens with zero attached hydrogens (tertiary/aromatic N) is 2. The molecular weight excluding hydrogens is 384 g/mol. The first-order valence-electron chi connectivity index (χ1n) is 9.95. The normalized spacial score (nSPS) is 19.2. The lowest BCUT2D eigenvalue weighted by atomic mass is 10.2. The van der Waals surface area contributed by atoms with E-state index in [2.05, 4.69) is 15.5 Å². The van der Waals surface area contributed by atoms with Gasteiger partial charge in [-0.3, -0.25) is 14.4 Å². The van der Waals surface area contributed by atoms with E-state index in [-0.39, 0.29) is 24.1 Å². The molecule has 2 fully saturated rings. The minimum absolute atomic E-state index is 0.0947. The average molecular weight is 408 g/mol. The molecule has 2 aromatic carbocycles. The van der Waals surface area contributed by atoms with E-state index in [0.717, 1.165) is 37.7 Å². The molecule has 8 heteroatoms. The number of morpholine rings is 1. The number of anilines is 4. The maximum atomic E-state index is 12.8. The van der Waals surface area contributed by atoms with Gasteiger partial charge >= 0.3 is 0 Å². The fourth-order valence-electron chi connectivity index (χ4n) is 3.70. The second kappa shape index (κ2) is 8.54. The first-order valence-corrected chi connectivity index (χ1v) is 9.95. The maximum absolute atomic E-state index is 12.8. The van der Waals surface area contributed by atoms with Gasteiger partial charge in [0.2, 0.25) is 11.8 Å². The lowest BCUT2D eigenvalue weighted by Gasteiger charge is -2.29. The van der Waals surface area contributed by atoms with Gasteiger partial charge in [-0.2, -0.15) is 0 Å². The molecule has 2 aliphatic heterocycles. The number of carbonyl (C=O) groups excluding carboxylic acids is 3. The molecule has 0 unspecified atom stereocenters. The van der Waals surface area contributed by atoms with Crippen LogP contribution in [0.1, 0.15) is 13.3 Å². The largest absolute Gasteiger partial charge is 0.378 e. The van der Waals surface area contributed by atoms with Gasteiger partial charge in [0.05, 0.1) is 25.3 Å². The van der Waals surface area contributed by atoms with Crippen molar-refractivity contribution in [3.63, 3.8) is 0 Å². The monoisotopic (exact) mass is 408 g/mol. The molecule has 0 bridgehead atoms. The standard InChI is InChI=1S/C22H24N4O4/c1-15(27)23-16-4-8-19(9-5-16)26-21(28)14-20(22(26)29)24-17-2-6-18(7-3-17)25-10-12-30-13-11-25/h2-9,20,24H,10-14H2,1H3,(H,23,27)/t20-/m1/s1. The van der Waals surface area contributed by atoms with E-state index in [9.17, 15) is 14.4 Å². The first kappa shape index (κ1) is 19.9. The number of ether oxygens (including phenoxy) is 1. The Morgan fingerprint density at radius 2 is 1.53 bits per heavy atom. The molecule has 30 heavy (non-hydrogen) atoms. The summed E-state index contributed by atoms with van der Waals surface area (Å²) in [4.78, 5) is 39.9. The third kappa shape index (κ3) is 4.28. The molecule has 8 nitrogen and oxygen atoms in total. The molecule has 0 saturated carbocycles. The predicted molar refractivity (Wildman–Crippen MR) is 115 cm³/mol. The van der Waals surface area contributed by atoms with E-state index >= 15 is 0 Å². The van der Waals surface area contributed by atoms with Gasteiger partial charge in [0, 0.05) is 37.1 Å². The highest BCUT2D eigenvalue weighted by molar-refractivity contribution is 6.23. The second-order valence-electron chi connectivity index (χ2n) is 7.34. The quantitative estimate of drug-likeness (QED) is 0.738. The predicted octanol–water partition coefficient (Wildman–Crippen LogP) is 2.23. The third-order valence-corrected chi connectivity index (χ3v) is 5.18. The zero-order valence-corrected chi connectivity index (χ0v) is 16.8. The Morgan fingerprint density at radius 1 is 0.933 bits per heavy atom. The Labute approximate surface area is 174 Å². The summed E-state index contributed by atoms with van der Waals surface area (Å²) in [5, 5.41) is 5.84. The van der Waals surface area contributed by atoms with Crippen LogP contribution in [0.5, 0.6) is 0 Å². The molecule has 0 aliphatic carbocycles. The van der Waals surface area contributed by atoms with Gasteiger partial charge in [0.25, 0.3) is 5.91 Å². The van der Waals surface area contributed by atoms with Crippen LogP contribution in [0, 0.1) is 0 Å². The van der Waals surface area contributed by atoms with Gasteiger partial charge in [0.1, 0.15) is 6.04 Å². The lowest BCUT2D eigenvalue weighted by molar-refractivity contribution is -0.121. The highest BCUT2D eigenvalue weighted by atomic mass is 16.5. The van der Waals surface area contributed by atoms with Gasteiger partial charge in [-0.05, 0) is 48.5 Å². The van der Waals surface area contributed by atoms with Crippen LogP contribution in [-0.4, -0.2) is 50.1 Å². The maximum Gasteiger partial charge on any atom is 0.256 e. The Balaban J connectivity index is 1.42. The second-order valence-corrected chi connectivity index (χ2v) is 7.34. The van der Waals surface area contributed by atoms with Crippen molar-refractivity contribution in [1.82, 2.24) is 0 Å². The van der Waals surface area contributed by atoms with Gasteiger partial charge in [-0.25, -0.2) is 4.90 Å². The van der Waals surface area contributed by atoms with Crippen LogP contribution in [0.3, 0.4) is 0 Å². The summed E-state index contributed by atoms with van der Waals surface area (Å²) >= 11 is 0. The molecule has 2 saturated heterocycles. The summed E-state index contributed by atoms with van der Waals surface area (Å²) in [7, 11) is 0. The molecule has 2 aliphatic rings. The molecule has 3 amide bonds. The smallest absolute Gasteiger partial charge is 0.256 e. The van der Waals surface area contributed by atoms with Crippen LogP contribution in [0.15, 0.2) is 48.5 Å². The summed E-state index contributed by atoms with van der Waals surface area (Å²) in [6.07, 6.45) is 0.0947. The summed E-state index contributed by atoms with van der Waals surface area (Å²) in [6.45, 7) is 4.59. The van der Waals surface area contributed by atoms with E-state index < -0.39 is 6.04 Å². The van der Waals surface area contributed by atoms with Crippen LogP contribution in [0.2, 0.25) is 0 Å². The highest BCUT2D eigenvalue weighted by Crippen LogP contribution is 2.27. The Bertz CT molecular complexity index is 937. The van der Waals surface area contributed by atoms with Crippen LogP contribution in [0.25, 0.3) is 0 Å². The highest BCUT2D eigenvalue weighted by Gasteiger charge is 2.39. The van der Waals surface area contributed by atoms with E-state index in [1.807, 2.05) is 24.3 Å². The SMILES string of the molecule is CC(=O)Nc1ccc(N2C(=O)C[C@@H](Nc3ccc(N4CCOCC4)cc3)C2=O)cc1. The van der Waals surface area contributed by atoms with Crippen molar-refractivity contribution < 1.29 is 19.1 Å². The van der Waals surface area contributed by atoms with Gasteiger partial charge < -0.3 is 20.3 Å². The molecule has 0 aromatic heterocycles. The number of hydrogen-bond acceptors (Lipinski definition) is 6. The first-order chi connectivity index (χ1) is 14.5. The Hall–Kier alpha value is -3.39. The van der Waals surface area contributed by atoms with Gasteiger partial charge in [0.15, 0.2) is 0 Å². The van der Waals surface area contributed by atoms with Crippen molar-refractivity contribution in [3.05, 3.63) is 48.5 Å². The zero-order chi connectivity index (χ0) is 21.1. The summed E-state index contributed by atoms with van der Waals surface area (Å²) in [5.41, 5.74) is 3.01. The van der Waals surface area contributed by atoms with Crippen molar-refractivity contribution in [1.29, 1.82) is 0 Å². The van der Waals surface area contributed by atoms with Crippen LogP contribution in [0.4, 0.5) is 22.7 Å². The average Bonchev–Trinajstić information content (AvgIpc) is 3.02. The molecule has 0 spiro atoms. The summed E-state index contributed by atoms with van der Waals surface area (Å²) in [6, 6.07) is 13.9. The minimum atomic E-state index is -0.609. The molecule has 2 N–H and O–H groups in total. The van der Waals surface area contributed by atoms with Crippen molar-refractivity contribution in [2.45, 2.75) is 19.4 Å². The van der Waals surface area contributed by atoms with Crippen LogP contribution < -0.4 is 20.4 Å². The van der Waals surface area contributed by atoms with E-state index in [1.165, 1.54) is 11.8 Å². The molecular formula is C22H24N4O4. The minimum Gasteiger partial charge on any atom is -0.378 e. The third-order valence-electron chi connectivity index (χ3n) is 5.18. The molecule has 1 atom stereocenters. The molecule has 2 heterocycles. The number of nitrogens with one attached hydrogen (secondary N) is 2. The van der Waals surface area contributed by atoms with E-state index in [1.54, 1.807) is 24.3 Å². The number of imide groups is 1. The lowest BCUT2D eigenvalue weighted by Crippen LogP contribution is -2.36. The topological polar surface area (TPSA) is 91.0 Å². The van der Waals surface area contributed by atoms with Crippen molar-refractivity contribution in [2.24, 2.45) is 0 Å². The van der Waals surface area contributed by atoms with Crippen molar-refractivity contribution in [2.75, 3.05) is 46.7 Å². The Morgan fingerprint density at radius 3 is 2.17 bits per heavy atom. The van der Waals surface area contributed by atoms with Crippen molar-refractivity contribution in [3.8, 4) is 0 Å². The van der Waals surface area contributed by atoms with Crippen LogP contribution >= 0.6 is 0 Å². The molecule has 0 radical (unpaired) electrons. The summed E-state index contributed by atoms with van der Waals surface area (Å²) < 4.78 is 5.38. The zero-order valence-electron chi connectivity index (χ0n) is 16.8. The van der Waals surface area contributed by atoms with E-state index in [4.69, 9.17) is 4.74 Å². The summed E-state index contributed by atoms with van der Waals surface area (Å²) in [5.74, 6) is -0.723. The number of benzene rings is 2. The van der Waals surface area contributed by atoms with Crippen LogP contribution in [-0.2, 0) is 19.1 Å². The number of carbonyl (C=O) groups is 3. The number of rotatable bonds is 5. The Kier molecular flexibility index (Phi) is 5.67. The molecule has 2 aromatic rings. The number of hydrogen-bond donors (Lipinski definition) is 2.